The van der Waals surface area contributed by atoms with Gasteiger partial charge in [-0.05, 0) is 42.5 Å². The summed E-state index contributed by atoms with van der Waals surface area (Å²) in [5.74, 6) is 0.732. The molecule has 5 heteroatoms. The fourth-order valence-electron chi connectivity index (χ4n) is 2.05. The molecule has 5 nitrogen and oxygen atoms in total. The van der Waals surface area contributed by atoms with Crippen LogP contribution in [0.25, 0.3) is 11.0 Å². The minimum absolute atomic E-state index is 0.638. The smallest absolute Gasteiger partial charge is 0.208 e. The van der Waals surface area contributed by atoms with Crippen molar-refractivity contribution in [3.8, 4) is 6.07 Å². The molecule has 0 radical (unpaired) electrons. The Hall–Kier alpha value is -3.00. The zero-order valence-electron chi connectivity index (χ0n) is 11.0. The molecule has 3 N–H and O–H groups in total. The summed E-state index contributed by atoms with van der Waals surface area (Å²) in [6, 6.07) is 15.0. The van der Waals surface area contributed by atoms with Crippen molar-refractivity contribution in [2.45, 2.75) is 0 Å². The molecule has 0 saturated heterocycles. The highest BCUT2D eigenvalue weighted by Gasteiger charge is 2.09. The van der Waals surface area contributed by atoms with Gasteiger partial charge in [0, 0.05) is 18.4 Å². The molecule has 0 aliphatic carbocycles. The number of rotatable bonds is 2. The third-order valence-corrected chi connectivity index (χ3v) is 3.19. The number of aromatic amines is 1. The molecular weight excluding hydrogens is 250 g/mol. The second kappa shape index (κ2) is 4.59. The van der Waals surface area contributed by atoms with Gasteiger partial charge in [0.1, 0.15) is 0 Å². The standard InChI is InChI=1S/C15H13N5/c1-20(12-5-2-10(9-16)3-6-12)15-18-13-7-4-11(17)8-14(13)19-15/h2-8H,17H2,1H3,(H,18,19). The molecular formula is C15H13N5. The molecule has 3 aromatic rings. The fraction of sp³-hybridized carbons (Fsp3) is 0.0667. The number of hydrogen-bond donors (Lipinski definition) is 2. The van der Waals surface area contributed by atoms with Gasteiger partial charge >= 0.3 is 0 Å². The highest BCUT2D eigenvalue weighted by molar-refractivity contribution is 5.81. The van der Waals surface area contributed by atoms with Gasteiger partial charge in [0.2, 0.25) is 5.95 Å². The monoisotopic (exact) mass is 263 g/mol. The SMILES string of the molecule is CN(c1ccc(C#N)cc1)c1nc2ccc(N)cc2[nH]1. The van der Waals surface area contributed by atoms with E-state index < -0.39 is 0 Å². The van der Waals surface area contributed by atoms with Gasteiger partial charge in [-0.15, -0.1) is 0 Å². The van der Waals surface area contributed by atoms with E-state index in [0.717, 1.165) is 22.7 Å². The van der Waals surface area contributed by atoms with Crippen LogP contribution < -0.4 is 10.6 Å². The molecule has 3 rings (SSSR count). The molecule has 0 fully saturated rings. The van der Waals surface area contributed by atoms with Crippen molar-refractivity contribution in [2.75, 3.05) is 17.7 Å². The third kappa shape index (κ3) is 2.04. The van der Waals surface area contributed by atoms with Crippen LogP contribution in [0.5, 0.6) is 0 Å². The van der Waals surface area contributed by atoms with Crippen LogP contribution in [0.3, 0.4) is 0 Å². The van der Waals surface area contributed by atoms with Crippen molar-refractivity contribution in [3.05, 3.63) is 48.0 Å². The van der Waals surface area contributed by atoms with Crippen LogP contribution in [0.2, 0.25) is 0 Å². The van der Waals surface area contributed by atoms with Crippen LogP contribution in [-0.2, 0) is 0 Å². The number of hydrogen-bond acceptors (Lipinski definition) is 4. The lowest BCUT2D eigenvalue weighted by molar-refractivity contribution is 1.10. The maximum Gasteiger partial charge on any atom is 0.208 e. The molecule has 0 saturated carbocycles. The molecule has 0 bridgehead atoms. The molecule has 1 aromatic heterocycles. The Kier molecular flexibility index (Phi) is 2.77. The van der Waals surface area contributed by atoms with Gasteiger partial charge < -0.3 is 15.6 Å². The number of fused-ring (bicyclic) bond motifs is 1. The molecule has 20 heavy (non-hydrogen) atoms. The third-order valence-electron chi connectivity index (χ3n) is 3.19. The van der Waals surface area contributed by atoms with Crippen LogP contribution in [0.4, 0.5) is 17.3 Å². The summed E-state index contributed by atoms with van der Waals surface area (Å²) in [6.45, 7) is 0. The van der Waals surface area contributed by atoms with Crippen LogP contribution in [0, 0.1) is 11.3 Å². The van der Waals surface area contributed by atoms with Crippen molar-refractivity contribution >= 4 is 28.4 Å². The minimum atomic E-state index is 0.638. The van der Waals surface area contributed by atoms with Gasteiger partial charge in [0.15, 0.2) is 0 Å². The van der Waals surface area contributed by atoms with E-state index in [-0.39, 0.29) is 0 Å². The number of nitrogens with one attached hydrogen (secondary N) is 1. The van der Waals surface area contributed by atoms with E-state index in [2.05, 4.69) is 16.0 Å². The Morgan fingerprint density at radius 2 is 1.95 bits per heavy atom. The number of imidazole rings is 1. The summed E-state index contributed by atoms with van der Waals surface area (Å²) in [7, 11) is 1.92. The van der Waals surface area contributed by atoms with E-state index in [9.17, 15) is 0 Å². The normalized spacial score (nSPS) is 10.4. The summed E-state index contributed by atoms with van der Waals surface area (Å²) in [6.07, 6.45) is 0. The molecule has 1 heterocycles. The van der Waals surface area contributed by atoms with Gasteiger partial charge in [0.25, 0.3) is 0 Å². The Balaban J connectivity index is 1.98. The fourth-order valence-corrected chi connectivity index (χ4v) is 2.05. The summed E-state index contributed by atoms with van der Waals surface area (Å²) in [4.78, 5) is 9.68. The average molecular weight is 263 g/mol. The van der Waals surface area contributed by atoms with Crippen LogP contribution in [0.15, 0.2) is 42.5 Å². The van der Waals surface area contributed by atoms with Crippen molar-refractivity contribution in [2.24, 2.45) is 0 Å². The van der Waals surface area contributed by atoms with E-state index in [1.165, 1.54) is 0 Å². The highest BCUT2D eigenvalue weighted by atomic mass is 15.2. The zero-order chi connectivity index (χ0) is 14.1. The maximum absolute atomic E-state index is 8.81. The van der Waals surface area contributed by atoms with E-state index in [1.807, 2.05) is 42.3 Å². The number of nitrogens with zero attached hydrogens (tertiary/aromatic N) is 3. The number of benzene rings is 2. The first-order valence-corrected chi connectivity index (χ1v) is 6.16. The number of nitrogens with two attached hydrogens (primary N) is 1. The van der Waals surface area contributed by atoms with Gasteiger partial charge in [-0.1, -0.05) is 0 Å². The average Bonchev–Trinajstić information content (AvgIpc) is 2.89. The molecule has 0 unspecified atom stereocenters. The predicted octanol–water partition coefficient (Wildman–Crippen LogP) is 2.78. The lowest BCUT2D eigenvalue weighted by Crippen LogP contribution is -2.10. The largest absolute Gasteiger partial charge is 0.399 e. The number of nitriles is 1. The number of H-pyrrole nitrogens is 1. The maximum atomic E-state index is 8.81. The summed E-state index contributed by atoms with van der Waals surface area (Å²) in [5.41, 5.74) is 9.83. The lowest BCUT2D eigenvalue weighted by Gasteiger charge is -2.15. The molecule has 0 aliphatic heterocycles. The van der Waals surface area contributed by atoms with Crippen LogP contribution in [0.1, 0.15) is 5.56 Å². The Morgan fingerprint density at radius 1 is 1.20 bits per heavy atom. The molecule has 98 valence electrons. The van der Waals surface area contributed by atoms with Gasteiger partial charge in [-0.25, -0.2) is 4.98 Å². The van der Waals surface area contributed by atoms with Crippen molar-refractivity contribution in [1.82, 2.24) is 9.97 Å². The lowest BCUT2D eigenvalue weighted by atomic mass is 10.2. The van der Waals surface area contributed by atoms with E-state index >= 15 is 0 Å². The Bertz CT molecular complexity index is 795. The number of anilines is 3. The zero-order valence-corrected chi connectivity index (χ0v) is 11.0. The van der Waals surface area contributed by atoms with Crippen LogP contribution in [-0.4, -0.2) is 17.0 Å². The summed E-state index contributed by atoms with van der Waals surface area (Å²) >= 11 is 0. The van der Waals surface area contributed by atoms with Gasteiger partial charge in [0.05, 0.1) is 22.7 Å². The quantitative estimate of drug-likeness (QED) is 0.696. The van der Waals surface area contributed by atoms with Gasteiger partial charge in [-0.2, -0.15) is 5.26 Å². The van der Waals surface area contributed by atoms with Crippen molar-refractivity contribution in [1.29, 1.82) is 5.26 Å². The first kappa shape index (κ1) is 12.1. The molecule has 0 atom stereocenters. The Labute approximate surface area is 116 Å². The van der Waals surface area contributed by atoms with Crippen LogP contribution >= 0.6 is 0 Å². The molecule has 0 amide bonds. The molecule has 0 spiro atoms. The van der Waals surface area contributed by atoms with E-state index in [0.29, 0.717) is 11.3 Å². The minimum Gasteiger partial charge on any atom is -0.399 e. The number of nitrogen functional groups attached to an aromatic ring is 1. The molecule has 2 aromatic carbocycles. The first-order valence-electron chi connectivity index (χ1n) is 6.16. The van der Waals surface area contributed by atoms with Crippen molar-refractivity contribution < 1.29 is 0 Å². The second-order valence-corrected chi connectivity index (χ2v) is 4.55. The van der Waals surface area contributed by atoms with Crippen molar-refractivity contribution in [3.63, 3.8) is 0 Å². The van der Waals surface area contributed by atoms with E-state index in [4.69, 9.17) is 11.0 Å². The van der Waals surface area contributed by atoms with Gasteiger partial charge in [-0.3, -0.25) is 0 Å². The predicted molar refractivity (Wildman–Crippen MR) is 79.7 cm³/mol. The summed E-state index contributed by atoms with van der Waals surface area (Å²) < 4.78 is 0. The first-order chi connectivity index (χ1) is 9.67. The van der Waals surface area contributed by atoms with E-state index in [1.54, 1.807) is 12.1 Å². The number of aromatic nitrogens is 2. The highest BCUT2D eigenvalue weighted by Crippen LogP contribution is 2.24. The topological polar surface area (TPSA) is 81.7 Å². The molecule has 0 aliphatic rings. The summed E-state index contributed by atoms with van der Waals surface area (Å²) in [5, 5.41) is 8.81. The second-order valence-electron chi connectivity index (χ2n) is 4.55. The Morgan fingerprint density at radius 3 is 2.65 bits per heavy atom.